The molecule has 0 spiro atoms. The highest BCUT2D eigenvalue weighted by molar-refractivity contribution is 6.30. The van der Waals surface area contributed by atoms with Crippen LogP contribution >= 0.6 is 11.6 Å². The van der Waals surface area contributed by atoms with E-state index in [1.54, 1.807) is 31.4 Å². The molecular formula is C25H26ClNO3. The van der Waals surface area contributed by atoms with Gasteiger partial charge < -0.3 is 14.4 Å². The normalized spacial score (nSPS) is 15.3. The first-order chi connectivity index (χ1) is 14.6. The molecule has 0 amide bonds. The number of rotatable bonds is 7. The van der Waals surface area contributed by atoms with E-state index in [-0.39, 0.29) is 11.9 Å². The van der Waals surface area contributed by atoms with Gasteiger partial charge in [0, 0.05) is 47.4 Å². The molecule has 30 heavy (non-hydrogen) atoms. The summed E-state index contributed by atoms with van der Waals surface area (Å²) in [5, 5.41) is 2.79. The Labute approximate surface area is 182 Å². The van der Waals surface area contributed by atoms with E-state index in [4.69, 9.17) is 21.1 Å². The van der Waals surface area contributed by atoms with E-state index >= 15 is 0 Å². The van der Waals surface area contributed by atoms with Crippen molar-refractivity contribution in [1.29, 1.82) is 0 Å². The predicted octanol–water partition coefficient (Wildman–Crippen LogP) is 5.62. The fourth-order valence-electron chi connectivity index (χ4n) is 4.00. The number of piperidine rings is 1. The Balaban J connectivity index is 1.30. The van der Waals surface area contributed by atoms with Crippen LogP contribution in [0.1, 0.15) is 29.6 Å². The van der Waals surface area contributed by atoms with Gasteiger partial charge in [-0.05, 0) is 49.2 Å². The zero-order chi connectivity index (χ0) is 20.9. The zero-order valence-electron chi connectivity index (χ0n) is 17.1. The number of nitrogens with zero attached hydrogens (tertiary/aromatic N) is 1. The molecule has 0 aromatic heterocycles. The first-order valence-corrected chi connectivity index (χ1v) is 10.8. The minimum absolute atomic E-state index is 0.162. The average Bonchev–Trinajstić information content (AvgIpc) is 2.78. The Morgan fingerprint density at radius 2 is 1.60 bits per heavy atom. The SMILES string of the molecule is COc1cccc2c(OC3CCN(CCC(=O)c4ccc(Cl)cc4)CC3)cccc12. The number of ether oxygens (including phenoxy) is 2. The number of carbonyl (C=O) groups excluding carboxylic acids is 1. The number of benzene rings is 3. The summed E-state index contributed by atoms with van der Waals surface area (Å²) in [6.07, 6.45) is 2.62. The molecule has 1 aliphatic rings. The summed E-state index contributed by atoms with van der Waals surface area (Å²) in [5.41, 5.74) is 0.726. The van der Waals surface area contributed by atoms with Gasteiger partial charge in [-0.3, -0.25) is 4.79 Å². The molecule has 0 unspecified atom stereocenters. The molecule has 0 aliphatic carbocycles. The fourth-order valence-corrected chi connectivity index (χ4v) is 4.13. The van der Waals surface area contributed by atoms with E-state index in [2.05, 4.69) is 17.0 Å². The van der Waals surface area contributed by atoms with Gasteiger partial charge in [0.05, 0.1) is 7.11 Å². The number of carbonyl (C=O) groups is 1. The van der Waals surface area contributed by atoms with Crippen molar-refractivity contribution in [1.82, 2.24) is 4.90 Å². The summed E-state index contributed by atoms with van der Waals surface area (Å²) < 4.78 is 11.8. The Morgan fingerprint density at radius 3 is 2.27 bits per heavy atom. The van der Waals surface area contributed by atoms with Crippen LogP contribution in [0.3, 0.4) is 0 Å². The molecule has 156 valence electrons. The maximum absolute atomic E-state index is 12.4. The lowest BCUT2D eigenvalue weighted by Crippen LogP contribution is -2.39. The molecule has 1 fully saturated rings. The van der Waals surface area contributed by atoms with Crippen molar-refractivity contribution in [2.24, 2.45) is 0 Å². The van der Waals surface area contributed by atoms with Gasteiger partial charge in [-0.2, -0.15) is 0 Å². The smallest absolute Gasteiger partial charge is 0.164 e. The van der Waals surface area contributed by atoms with E-state index in [1.807, 2.05) is 24.3 Å². The van der Waals surface area contributed by atoms with E-state index in [0.717, 1.165) is 60.3 Å². The van der Waals surface area contributed by atoms with Crippen LogP contribution in [0.25, 0.3) is 10.8 Å². The Hall–Kier alpha value is -2.56. The third kappa shape index (κ3) is 4.77. The van der Waals surface area contributed by atoms with Gasteiger partial charge >= 0.3 is 0 Å². The zero-order valence-corrected chi connectivity index (χ0v) is 17.9. The van der Waals surface area contributed by atoms with Crippen LogP contribution in [0.5, 0.6) is 11.5 Å². The molecular weight excluding hydrogens is 398 g/mol. The van der Waals surface area contributed by atoms with Crippen molar-refractivity contribution >= 4 is 28.2 Å². The second-order valence-electron chi connectivity index (χ2n) is 7.65. The number of methoxy groups -OCH3 is 1. The van der Waals surface area contributed by atoms with Crippen LogP contribution in [0.2, 0.25) is 5.02 Å². The Kier molecular flexibility index (Phi) is 6.56. The maximum Gasteiger partial charge on any atom is 0.164 e. The molecule has 0 radical (unpaired) electrons. The number of ketones is 1. The van der Waals surface area contributed by atoms with Crippen LogP contribution in [-0.2, 0) is 0 Å². The van der Waals surface area contributed by atoms with Gasteiger partial charge in [0.2, 0.25) is 0 Å². The van der Waals surface area contributed by atoms with Gasteiger partial charge in [-0.1, -0.05) is 35.9 Å². The van der Waals surface area contributed by atoms with E-state index < -0.39 is 0 Å². The van der Waals surface area contributed by atoms with Crippen molar-refractivity contribution in [2.45, 2.75) is 25.4 Å². The van der Waals surface area contributed by atoms with Gasteiger partial charge in [0.15, 0.2) is 5.78 Å². The molecule has 3 aromatic carbocycles. The number of halogens is 1. The minimum Gasteiger partial charge on any atom is -0.496 e. The van der Waals surface area contributed by atoms with Gasteiger partial charge in [-0.15, -0.1) is 0 Å². The standard InChI is InChI=1S/C25H26ClNO3/c1-29-24-6-2-5-22-21(24)4-3-7-25(22)30-20-12-15-27(16-13-20)17-14-23(28)18-8-10-19(26)11-9-18/h2-11,20H,12-17H2,1H3. The third-order valence-electron chi connectivity index (χ3n) is 5.71. The van der Waals surface area contributed by atoms with Crippen LogP contribution in [0, 0.1) is 0 Å². The molecule has 3 aromatic rings. The number of Topliss-reactive ketones (excluding diaryl/α,β-unsaturated/α-hetero) is 1. The van der Waals surface area contributed by atoms with Crippen LogP contribution in [0.4, 0.5) is 0 Å². The largest absolute Gasteiger partial charge is 0.496 e. The highest BCUT2D eigenvalue weighted by Crippen LogP contribution is 2.33. The van der Waals surface area contributed by atoms with Gasteiger partial charge in [0.25, 0.3) is 0 Å². The van der Waals surface area contributed by atoms with Crippen LogP contribution < -0.4 is 9.47 Å². The molecule has 1 heterocycles. The van der Waals surface area contributed by atoms with Crippen molar-refractivity contribution in [3.05, 3.63) is 71.2 Å². The van der Waals surface area contributed by atoms with Crippen molar-refractivity contribution in [3.63, 3.8) is 0 Å². The quantitative estimate of drug-likeness (QED) is 0.462. The maximum atomic E-state index is 12.4. The van der Waals surface area contributed by atoms with E-state index in [1.165, 1.54) is 0 Å². The summed E-state index contributed by atoms with van der Waals surface area (Å²) in [6.45, 7) is 2.65. The molecule has 1 saturated heterocycles. The average molecular weight is 424 g/mol. The van der Waals surface area contributed by atoms with Gasteiger partial charge in [0.1, 0.15) is 17.6 Å². The molecule has 4 nitrogen and oxygen atoms in total. The summed E-state index contributed by atoms with van der Waals surface area (Å²) in [6, 6.07) is 19.3. The van der Waals surface area contributed by atoms with Crippen molar-refractivity contribution < 1.29 is 14.3 Å². The first kappa shape index (κ1) is 20.7. The van der Waals surface area contributed by atoms with Crippen molar-refractivity contribution in [2.75, 3.05) is 26.7 Å². The van der Waals surface area contributed by atoms with Crippen molar-refractivity contribution in [3.8, 4) is 11.5 Å². The molecule has 5 heteroatoms. The molecule has 0 atom stereocenters. The third-order valence-corrected chi connectivity index (χ3v) is 5.96. The highest BCUT2D eigenvalue weighted by Gasteiger charge is 2.22. The molecule has 1 aliphatic heterocycles. The fraction of sp³-hybridized carbons (Fsp3) is 0.320. The highest BCUT2D eigenvalue weighted by atomic mass is 35.5. The number of fused-ring (bicyclic) bond motifs is 1. The molecule has 0 bridgehead atoms. The summed E-state index contributed by atoms with van der Waals surface area (Å²) in [5.74, 6) is 1.93. The lowest BCUT2D eigenvalue weighted by molar-refractivity contribution is 0.0881. The number of likely N-dealkylation sites (tertiary alicyclic amines) is 1. The van der Waals surface area contributed by atoms with Crippen LogP contribution in [-0.4, -0.2) is 43.5 Å². The number of hydrogen-bond acceptors (Lipinski definition) is 4. The first-order valence-electron chi connectivity index (χ1n) is 10.4. The molecule has 0 N–H and O–H groups in total. The molecule has 4 rings (SSSR count). The summed E-state index contributed by atoms with van der Waals surface area (Å²) in [7, 11) is 1.69. The monoisotopic (exact) mass is 423 g/mol. The van der Waals surface area contributed by atoms with E-state index in [0.29, 0.717) is 11.4 Å². The Bertz CT molecular complexity index is 1010. The van der Waals surface area contributed by atoms with E-state index in [9.17, 15) is 4.79 Å². The minimum atomic E-state index is 0.162. The second kappa shape index (κ2) is 9.50. The lowest BCUT2D eigenvalue weighted by atomic mass is 10.0. The summed E-state index contributed by atoms with van der Waals surface area (Å²) in [4.78, 5) is 14.7. The second-order valence-corrected chi connectivity index (χ2v) is 8.09. The number of hydrogen-bond donors (Lipinski definition) is 0. The molecule has 0 saturated carbocycles. The Morgan fingerprint density at radius 1 is 0.967 bits per heavy atom. The van der Waals surface area contributed by atoms with Gasteiger partial charge in [-0.25, -0.2) is 0 Å². The lowest BCUT2D eigenvalue weighted by Gasteiger charge is -2.32. The summed E-state index contributed by atoms with van der Waals surface area (Å²) >= 11 is 5.90. The topological polar surface area (TPSA) is 38.8 Å². The van der Waals surface area contributed by atoms with Crippen LogP contribution in [0.15, 0.2) is 60.7 Å². The predicted molar refractivity (Wildman–Crippen MR) is 121 cm³/mol.